The Kier molecular flexibility index (Phi) is 24.4. The molecule has 0 fully saturated rings. The van der Waals surface area contributed by atoms with Crippen molar-refractivity contribution in [1.29, 1.82) is 0 Å². The lowest BCUT2D eigenvalue weighted by molar-refractivity contribution is -0.159. The molecule has 6 N–H and O–H groups in total. The number of anilines is 1. The van der Waals surface area contributed by atoms with Crippen LogP contribution in [0.15, 0.2) is 111 Å². The molecule has 93 heavy (non-hydrogen) atoms. The third kappa shape index (κ3) is 19.5. The molecule has 3 aromatic carbocycles. The van der Waals surface area contributed by atoms with Crippen LogP contribution in [-0.4, -0.2) is 152 Å². The van der Waals surface area contributed by atoms with Crippen LogP contribution in [0.3, 0.4) is 0 Å². The number of ether oxygens (including phenoxy) is 5. The summed E-state index contributed by atoms with van der Waals surface area (Å²) in [5, 5.41) is 16.7. The van der Waals surface area contributed by atoms with Gasteiger partial charge in [0.1, 0.15) is 32.7 Å². The molecule has 2 unspecified atom stereocenters. The number of carbonyl (C=O) groups excluding carboxylic acids is 6. The molecule has 25 nitrogen and oxygen atoms in total. The maximum Gasteiger partial charge on any atom is 0.509 e. The predicted octanol–water partition coefficient (Wildman–Crippen LogP) is 6.99. The van der Waals surface area contributed by atoms with Gasteiger partial charge in [0.05, 0.1) is 54.4 Å². The van der Waals surface area contributed by atoms with Gasteiger partial charge < -0.3 is 59.9 Å². The maximum atomic E-state index is 14.1. The van der Waals surface area contributed by atoms with Crippen molar-refractivity contribution in [2.24, 2.45) is 21.4 Å². The number of hydrogen-bond acceptors (Lipinski definition) is 21. The lowest BCUT2D eigenvalue weighted by Crippen LogP contribution is -2.46. The van der Waals surface area contributed by atoms with Gasteiger partial charge >= 0.3 is 12.1 Å². The molecule has 0 aliphatic carbocycles. The Morgan fingerprint density at radius 3 is 2.33 bits per heavy atom. The molecule has 0 spiro atoms. The monoisotopic (exact) mass is 1310 g/mol. The van der Waals surface area contributed by atoms with E-state index in [4.69, 9.17) is 34.5 Å². The topological polar surface area (TPSA) is 334 Å². The molecule has 2 aliphatic heterocycles. The van der Waals surface area contributed by atoms with Gasteiger partial charge in [-0.05, 0) is 100 Å². The summed E-state index contributed by atoms with van der Waals surface area (Å²) in [6, 6.07) is 22.8. The van der Waals surface area contributed by atoms with Gasteiger partial charge in [0.15, 0.2) is 5.16 Å². The van der Waals surface area contributed by atoms with Crippen LogP contribution in [0.1, 0.15) is 113 Å². The van der Waals surface area contributed by atoms with Crippen molar-refractivity contribution in [2.75, 3.05) is 64.2 Å². The Bertz CT molecular complexity index is 3780. The molecule has 6 aromatic rings. The van der Waals surface area contributed by atoms with Crippen LogP contribution >= 0.6 is 11.8 Å². The van der Waals surface area contributed by atoms with Crippen LogP contribution in [0.4, 0.5) is 10.5 Å². The standard InChI is InChI=1S/C66H80N12O13S2/c1-10-41(4)92-63-71-28-45(29-72-63)43-17-19-44(20-18-43)60(82)70-31-47(76-67)30-68-38-65(5,6)39-87-26-24-66(7,8)75-57(81)37-88-36-56(80)69-32-55(79)73-46-21-15-42(16-22-46)34-90-64(85)91-59-50-27-54-58-51(33-77(54)61(83)52(50)35-89-62(59)84)48(23-25-78(40(2)3)93(9)86)49-13-11-12-14-53(49)74-58/h11-22,27-30,40-41,59H,10,23-26,31-39,67H2,1-9H3,(H,69,80)(H,70,82)(H,73,79)(H,75,81)/t41?,59-,93?/m0/s1. The van der Waals surface area contributed by atoms with E-state index in [9.17, 15) is 38.1 Å². The Morgan fingerprint density at radius 2 is 1.63 bits per heavy atom. The number of nitrogens with one attached hydrogen (secondary N) is 4. The number of pyridine rings is 2. The first-order valence-electron chi connectivity index (χ1n) is 30.4. The van der Waals surface area contributed by atoms with Crippen molar-refractivity contribution >= 4 is 87.4 Å². The van der Waals surface area contributed by atoms with Crippen LogP contribution in [0.25, 0.3) is 33.4 Å². The molecule has 0 bridgehead atoms. The van der Waals surface area contributed by atoms with E-state index in [0.29, 0.717) is 83.8 Å². The smallest absolute Gasteiger partial charge is 0.509 e. The second-order valence-electron chi connectivity index (χ2n) is 24.2. The normalized spacial score (nSPS) is 14.5. The van der Waals surface area contributed by atoms with Crippen LogP contribution < -0.4 is 32.7 Å². The van der Waals surface area contributed by atoms with Crippen LogP contribution in [0.5, 0.6) is 0 Å². The number of hydrogen-bond donors (Lipinski definition) is 5. The highest BCUT2D eigenvalue weighted by molar-refractivity contribution is 7.99. The number of amides is 4. The van der Waals surface area contributed by atoms with Gasteiger partial charge in [-0.15, -0.1) is 4.31 Å². The summed E-state index contributed by atoms with van der Waals surface area (Å²) in [7, 11) is 0. The number of esters is 1. The van der Waals surface area contributed by atoms with E-state index in [2.05, 4.69) is 55.2 Å². The lowest BCUT2D eigenvalue weighted by atomic mass is 9.95. The minimum absolute atomic E-state index is 0.0332. The highest BCUT2D eigenvalue weighted by Gasteiger charge is 2.39. The van der Waals surface area contributed by atoms with E-state index < -0.39 is 78.2 Å². The second kappa shape index (κ2) is 32.3. The molecule has 0 radical (unpaired) electrons. The van der Waals surface area contributed by atoms with Gasteiger partial charge in [0.2, 0.25) is 23.8 Å². The van der Waals surface area contributed by atoms with Crippen molar-refractivity contribution in [3.8, 4) is 22.5 Å². The molecule has 5 heterocycles. The fraction of sp³-hybridized carbons (Fsp3) is 0.424. The number of carbonyl (C=O) groups is 6. The van der Waals surface area contributed by atoms with Gasteiger partial charge in [-0.1, -0.05) is 81.9 Å². The SMILES string of the molecule is CCC(C)Sc1ncc(-c2ccc(C(=O)NCC(C=NCC(C)(C)COCCC(C)(C)NC(=O)COCC(=O)NCC(=O)Nc3ccc(COC(=O)O[C@@H]4C(=O)OCc5c4cc4n(c5=O)Cc5c-4nc4ccccc4c5CCN(C(C)C)[S+](C)[O-])cc3)=NN)cc2)cn1. The predicted molar refractivity (Wildman–Crippen MR) is 355 cm³/mol. The summed E-state index contributed by atoms with van der Waals surface area (Å²) in [6.07, 6.45) is 5.97. The van der Waals surface area contributed by atoms with E-state index in [0.717, 1.165) is 39.2 Å². The summed E-state index contributed by atoms with van der Waals surface area (Å²) >= 11 is 0.423. The van der Waals surface area contributed by atoms with Gasteiger partial charge in [-0.25, -0.2) is 24.5 Å². The van der Waals surface area contributed by atoms with Crippen LogP contribution in [0, 0.1) is 5.41 Å². The number of fused-ring (bicyclic) bond motifs is 5. The lowest BCUT2D eigenvalue weighted by Gasteiger charge is -2.28. The zero-order chi connectivity index (χ0) is 67.0. The molecule has 0 saturated carbocycles. The number of hydrazone groups is 1. The van der Waals surface area contributed by atoms with E-state index in [-0.39, 0.29) is 54.8 Å². The average molecular weight is 1310 g/mol. The Labute approximate surface area is 547 Å². The van der Waals surface area contributed by atoms with E-state index in [1.165, 1.54) is 6.21 Å². The summed E-state index contributed by atoms with van der Waals surface area (Å²) in [4.78, 5) is 110. The average Bonchev–Trinajstić information content (AvgIpc) is 1.60. The first kappa shape index (κ1) is 70.3. The summed E-state index contributed by atoms with van der Waals surface area (Å²) in [5.41, 5.74) is 5.86. The summed E-state index contributed by atoms with van der Waals surface area (Å²) in [5.74, 6) is 2.83. The van der Waals surface area contributed by atoms with Crippen LogP contribution in [-0.2, 0) is 80.4 Å². The number of cyclic esters (lactones) is 1. The third-order valence-electron chi connectivity index (χ3n) is 15.4. The zero-order valence-electron chi connectivity index (χ0n) is 53.7. The fourth-order valence-corrected chi connectivity index (χ4v) is 11.9. The minimum Gasteiger partial charge on any atom is -0.598 e. The van der Waals surface area contributed by atoms with E-state index in [1.807, 2.05) is 82.2 Å². The highest BCUT2D eigenvalue weighted by Crippen LogP contribution is 2.39. The molecule has 3 aromatic heterocycles. The Morgan fingerprint density at radius 1 is 0.914 bits per heavy atom. The number of nitrogens with two attached hydrogens (primary N) is 1. The molecule has 3 atom stereocenters. The molecule has 2 aliphatic rings. The molecular weight excluding hydrogens is 1230 g/mol. The first-order chi connectivity index (χ1) is 44.4. The molecule has 4 amide bonds. The highest BCUT2D eigenvalue weighted by atomic mass is 32.2. The number of aliphatic imine (C=N–C) groups is 1. The number of thioether (sulfide) groups is 1. The number of rotatable bonds is 31. The molecule has 8 rings (SSSR count). The zero-order valence-corrected chi connectivity index (χ0v) is 55.3. The molecule has 27 heteroatoms. The van der Waals surface area contributed by atoms with Gasteiger partial charge in [-0.2, -0.15) is 5.10 Å². The number of para-hydroxylation sites is 1. The summed E-state index contributed by atoms with van der Waals surface area (Å²) in [6.45, 7) is 15.9. The molecule has 494 valence electrons. The third-order valence-corrected chi connectivity index (χ3v) is 17.8. The minimum atomic E-state index is -1.60. The van der Waals surface area contributed by atoms with Crippen molar-refractivity contribution in [1.82, 2.24) is 39.8 Å². The van der Waals surface area contributed by atoms with Crippen molar-refractivity contribution in [3.63, 3.8) is 0 Å². The van der Waals surface area contributed by atoms with E-state index in [1.54, 1.807) is 77.4 Å². The van der Waals surface area contributed by atoms with Crippen molar-refractivity contribution < 1.29 is 57.0 Å². The van der Waals surface area contributed by atoms with Crippen LogP contribution in [0.2, 0.25) is 0 Å². The van der Waals surface area contributed by atoms with Gasteiger partial charge in [0.25, 0.3) is 11.5 Å². The molecule has 0 saturated heterocycles. The van der Waals surface area contributed by atoms with Crippen molar-refractivity contribution in [2.45, 2.75) is 123 Å². The Hall–Kier alpha value is -8.60. The number of nitrogens with zero attached hydrogens (tertiary/aromatic N) is 7. The van der Waals surface area contributed by atoms with Crippen molar-refractivity contribution in [3.05, 3.63) is 135 Å². The number of benzene rings is 3. The second-order valence-corrected chi connectivity index (χ2v) is 26.9. The van der Waals surface area contributed by atoms with E-state index >= 15 is 0 Å². The van der Waals surface area contributed by atoms with Gasteiger partial charge in [-0.3, -0.25) is 29.0 Å². The number of aromatic nitrogens is 4. The maximum absolute atomic E-state index is 14.1. The largest absolute Gasteiger partial charge is 0.598 e. The Balaban J connectivity index is 0.696. The summed E-state index contributed by atoms with van der Waals surface area (Å²) < 4.78 is 43.6. The molecular formula is C66H80N12O13S2. The quantitative estimate of drug-likeness (QED) is 0.00427. The fourth-order valence-electron chi connectivity index (χ4n) is 10.2. The van der Waals surface area contributed by atoms with Gasteiger partial charge in [0, 0.05) is 105 Å². The first-order valence-corrected chi connectivity index (χ1v) is 32.8.